The first-order valence-electron chi connectivity index (χ1n) is 11.5. The molecule has 0 aliphatic heterocycles. The third kappa shape index (κ3) is 2.68. The van der Waals surface area contributed by atoms with Crippen LogP contribution in [-0.2, 0) is 19.1 Å². The van der Waals surface area contributed by atoms with Crippen molar-refractivity contribution in [3.05, 3.63) is 23.8 Å². The zero-order valence-electron chi connectivity index (χ0n) is 19.1. The van der Waals surface area contributed by atoms with Crippen LogP contribution in [-0.4, -0.2) is 45.9 Å². The van der Waals surface area contributed by atoms with Crippen LogP contribution in [0.1, 0.15) is 59.8 Å². The SMILES string of the molecule is CCC(=O)O[C@@]1(C(=O)CCl)[C@H](C)C[C@@H]2[C@H]3CCC4=CC(=O)C=C[C@]4(C)[C@]3(F)[C@@H](O)C[C@]21C. The Hall–Kier alpha value is -1.53. The van der Waals surface area contributed by atoms with Crippen LogP contribution >= 0.6 is 11.6 Å². The van der Waals surface area contributed by atoms with Gasteiger partial charge in [-0.25, -0.2) is 4.39 Å². The van der Waals surface area contributed by atoms with E-state index >= 15 is 4.39 Å². The number of allylic oxidation sites excluding steroid dienone is 4. The van der Waals surface area contributed by atoms with E-state index in [0.29, 0.717) is 24.8 Å². The Morgan fingerprint density at radius 1 is 1.31 bits per heavy atom. The zero-order chi connectivity index (χ0) is 23.7. The van der Waals surface area contributed by atoms with Crippen molar-refractivity contribution in [1.29, 1.82) is 0 Å². The molecule has 0 saturated heterocycles. The third-order valence-corrected chi connectivity index (χ3v) is 9.52. The minimum absolute atomic E-state index is 0.0285. The number of hydrogen-bond donors (Lipinski definition) is 1. The van der Waals surface area contributed by atoms with Gasteiger partial charge in [0.2, 0.25) is 0 Å². The Balaban J connectivity index is 1.85. The smallest absolute Gasteiger partial charge is 0.306 e. The Kier molecular flexibility index (Phi) is 5.53. The largest absolute Gasteiger partial charge is 0.450 e. The van der Waals surface area contributed by atoms with Crippen molar-refractivity contribution in [2.24, 2.45) is 28.6 Å². The van der Waals surface area contributed by atoms with E-state index in [2.05, 4.69) is 0 Å². The number of hydrogen-bond acceptors (Lipinski definition) is 5. The monoisotopic (exact) mass is 466 g/mol. The second-order valence-electron chi connectivity index (χ2n) is 10.5. The van der Waals surface area contributed by atoms with Gasteiger partial charge < -0.3 is 9.84 Å². The van der Waals surface area contributed by atoms with Crippen molar-refractivity contribution in [1.82, 2.24) is 0 Å². The molecule has 0 spiro atoms. The van der Waals surface area contributed by atoms with E-state index in [1.165, 1.54) is 12.2 Å². The second kappa shape index (κ2) is 7.49. The normalized spacial score (nSPS) is 47.2. The van der Waals surface area contributed by atoms with Crippen molar-refractivity contribution < 1.29 is 28.6 Å². The minimum Gasteiger partial charge on any atom is -0.450 e. The minimum atomic E-state index is -1.99. The number of Topliss-reactive ketones (excluding diaryl/α,β-unsaturated/α-hetero) is 1. The number of carbonyl (C=O) groups excluding carboxylic acids is 3. The van der Waals surface area contributed by atoms with E-state index < -0.39 is 40.1 Å². The summed E-state index contributed by atoms with van der Waals surface area (Å²) in [6, 6.07) is 0. The molecule has 0 aromatic carbocycles. The molecule has 0 heterocycles. The van der Waals surface area contributed by atoms with Crippen LogP contribution in [0.15, 0.2) is 23.8 Å². The number of rotatable bonds is 4. The quantitative estimate of drug-likeness (QED) is 0.498. The van der Waals surface area contributed by atoms with E-state index in [9.17, 15) is 19.5 Å². The molecule has 0 aromatic rings. The molecule has 0 amide bonds. The summed E-state index contributed by atoms with van der Waals surface area (Å²) in [5.74, 6) is -2.57. The predicted octanol–water partition coefficient (Wildman–Crippen LogP) is 4.10. The molecule has 4 aliphatic rings. The fourth-order valence-electron chi connectivity index (χ4n) is 7.75. The first-order valence-corrected chi connectivity index (χ1v) is 12.1. The summed E-state index contributed by atoms with van der Waals surface area (Å²) < 4.78 is 23.1. The molecule has 4 rings (SSSR count). The number of fused-ring (bicyclic) bond motifs is 5. The van der Waals surface area contributed by atoms with Crippen molar-refractivity contribution in [2.45, 2.75) is 77.2 Å². The van der Waals surface area contributed by atoms with E-state index in [1.807, 2.05) is 13.8 Å². The molecule has 7 heteroatoms. The summed E-state index contributed by atoms with van der Waals surface area (Å²) in [5, 5.41) is 11.4. The maximum Gasteiger partial charge on any atom is 0.306 e. The van der Waals surface area contributed by atoms with Gasteiger partial charge in [0.25, 0.3) is 0 Å². The maximum absolute atomic E-state index is 17.2. The van der Waals surface area contributed by atoms with Crippen molar-refractivity contribution in [2.75, 3.05) is 5.88 Å². The maximum atomic E-state index is 17.2. The fraction of sp³-hybridized carbons (Fsp3) is 0.720. The zero-order valence-corrected chi connectivity index (χ0v) is 19.9. The standard InChI is InChI=1S/C25H32ClFO5/c1-5-21(31)32-25(20(30)13-26)14(2)10-18-17-7-6-15-11-16(28)8-9-22(15,3)24(17,27)19(29)12-23(18,25)4/h8-9,11,14,17-19,29H,5-7,10,12-13H2,1-4H3/t14-,17-,18-,19+,22+,23-,24-,25-/m1/s1. The summed E-state index contributed by atoms with van der Waals surface area (Å²) in [5.41, 5.74) is -4.83. The highest BCUT2D eigenvalue weighted by Crippen LogP contribution is 2.71. The lowest BCUT2D eigenvalue weighted by Crippen LogP contribution is -2.70. The number of carbonyl (C=O) groups is 3. The van der Waals surface area contributed by atoms with E-state index in [4.69, 9.17) is 16.3 Å². The van der Waals surface area contributed by atoms with Crippen LogP contribution in [0, 0.1) is 28.6 Å². The molecule has 0 aromatic heterocycles. The molecule has 0 radical (unpaired) electrons. The molecule has 1 N–H and O–H groups in total. The molecule has 3 saturated carbocycles. The van der Waals surface area contributed by atoms with Crippen LogP contribution in [0.25, 0.3) is 0 Å². The Morgan fingerprint density at radius 2 is 2.00 bits per heavy atom. The van der Waals surface area contributed by atoms with E-state index in [0.717, 1.165) is 0 Å². The number of ketones is 2. The summed E-state index contributed by atoms with van der Waals surface area (Å²) in [7, 11) is 0. The Labute approximate surface area is 193 Å². The number of ether oxygens (including phenoxy) is 1. The third-order valence-electron chi connectivity index (χ3n) is 9.28. The van der Waals surface area contributed by atoms with Gasteiger partial charge in [-0.2, -0.15) is 0 Å². The first-order chi connectivity index (χ1) is 14.9. The molecule has 8 atom stereocenters. The fourth-order valence-corrected chi connectivity index (χ4v) is 7.95. The highest BCUT2D eigenvalue weighted by Gasteiger charge is 2.77. The number of esters is 1. The number of aliphatic hydroxyl groups excluding tert-OH is 1. The van der Waals surface area contributed by atoms with Gasteiger partial charge in [-0.05, 0) is 50.7 Å². The van der Waals surface area contributed by atoms with E-state index in [-0.39, 0.29) is 42.1 Å². The number of aliphatic hydroxyl groups is 1. The molecule has 0 bridgehead atoms. The first kappa shape index (κ1) is 23.6. The van der Waals surface area contributed by atoms with Crippen molar-refractivity contribution in [3.63, 3.8) is 0 Å². The summed E-state index contributed by atoms with van der Waals surface area (Å²) in [6.45, 7) is 7.13. The number of halogens is 2. The van der Waals surface area contributed by atoms with Crippen LogP contribution in [0.4, 0.5) is 4.39 Å². The summed E-state index contributed by atoms with van der Waals surface area (Å²) in [6.07, 6.45) is 4.67. The van der Waals surface area contributed by atoms with Crippen LogP contribution in [0.5, 0.6) is 0 Å². The highest BCUT2D eigenvalue weighted by atomic mass is 35.5. The molecule has 176 valence electrons. The van der Waals surface area contributed by atoms with Gasteiger partial charge in [-0.1, -0.05) is 32.4 Å². The summed E-state index contributed by atoms with van der Waals surface area (Å²) >= 11 is 6.01. The average Bonchev–Trinajstić information content (AvgIpc) is 2.96. The van der Waals surface area contributed by atoms with Gasteiger partial charge in [0.1, 0.15) is 0 Å². The molecular weight excluding hydrogens is 435 g/mol. The molecule has 4 aliphatic carbocycles. The number of alkyl halides is 2. The van der Waals surface area contributed by atoms with Gasteiger partial charge in [-0.15, -0.1) is 11.6 Å². The van der Waals surface area contributed by atoms with Crippen LogP contribution < -0.4 is 0 Å². The molecule has 0 unspecified atom stereocenters. The van der Waals surface area contributed by atoms with Crippen molar-refractivity contribution in [3.8, 4) is 0 Å². The Bertz CT molecular complexity index is 929. The predicted molar refractivity (Wildman–Crippen MR) is 118 cm³/mol. The second-order valence-corrected chi connectivity index (χ2v) is 10.8. The topological polar surface area (TPSA) is 80.7 Å². The lowest BCUT2D eigenvalue weighted by Gasteiger charge is -2.62. The van der Waals surface area contributed by atoms with Gasteiger partial charge in [-0.3, -0.25) is 14.4 Å². The van der Waals surface area contributed by atoms with E-state index in [1.54, 1.807) is 19.9 Å². The van der Waals surface area contributed by atoms with Gasteiger partial charge in [0, 0.05) is 29.1 Å². The molecule has 32 heavy (non-hydrogen) atoms. The van der Waals surface area contributed by atoms with Gasteiger partial charge in [0.15, 0.2) is 22.8 Å². The van der Waals surface area contributed by atoms with Crippen LogP contribution in [0.2, 0.25) is 0 Å². The van der Waals surface area contributed by atoms with Gasteiger partial charge >= 0.3 is 5.97 Å². The highest BCUT2D eigenvalue weighted by molar-refractivity contribution is 6.29. The van der Waals surface area contributed by atoms with Crippen molar-refractivity contribution >= 4 is 29.1 Å². The van der Waals surface area contributed by atoms with Gasteiger partial charge in [0.05, 0.1) is 12.0 Å². The lowest BCUT2D eigenvalue weighted by atomic mass is 9.44. The Morgan fingerprint density at radius 3 is 2.62 bits per heavy atom. The summed E-state index contributed by atoms with van der Waals surface area (Å²) in [4.78, 5) is 37.7. The average molecular weight is 467 g/mol. The molecule has 5 nitrogen and oxygen atoms in total. The lowest BCUT2D eigenvalue weighted by molar-refractivity contribution is -0.227. The molecule has 3 fully saturated rings. The molecular formula is C25H32ClFO5. The van der Waals surface area contributed by atoms with Crippen LogP contribution in [0.3, 0.4) is 0 Å².